The number of rotatable bonds is 9. The molecule has 2 nitrogen and oxygen atoms in total. The van der Waals surface area contributed by atoms with Gasteiger partial charge in [0.2, 0.25) is 0 Å². The maximum atomic E-state index is 9.53. The van der Waals surface area contributed by atoms with Gasteiger partial charge >= 0.3 is 0 Å². The predicted molar refractivity (Wildman–Crippen MR) is 64.7 cm³/mol. The van der Waals surface area contributed by atoms with Crippen LogP contribution in [0.1, 0.15) is 45.4 Å². The summed E-state index contributed by atoms with van der Waals surface area (Å²) in [5.74, 6) is 0. The average molecular weight is 212 g/mol. The van der Waals surface area contributed by atoms with Gasteiger partial charge in [0.15, 0.2) is 0 Å². The molecule has 0 radical (unpaired) electrons. The Bertz CT molecular complexity index is 175. The van der Waals surface area contributed by atoms with E-state index >= 15 is 0 Å². The number of aliphatic hydroxyl groups excluding tert-OH is 2. The molecule has 0 aliphatic heterocycles. The molecule has 0 aromatic rings. The van der Waals surface area contributed by atoms with Gasteiger partial charge in [0.05, 0.1) is 12.2 Å². The maximum Gasteiger partial charge on any atom is 0.0724 e. The lowest BCUT2D eigenvalue weighted by Gasteiger charge is -2.06. The van der Waals surface area contributed by atoms with Gasteiger partial charge in [0.25, 0.3) is 0 Å². The molecule has 2 unspecified atom stereocenters. The third-order valence-corrected chi connectivity index (χ3v) is 2.33. The molecule has 0 saturated heterocycles. The van der Waals surface area contributed by atoms with Crippen LogP contribution in [-0.4, -0.2) is 22.4 Å². The van der Waals surface area contributed by atoms with Crippen LogP contribution in [0.3, 0.4) is 0 Å². The summed E-state index contributed by atoms with van der Waals surface area (Å²) in [6.07, 6.45) is 9.95. The van der Waals surface area contributed by atoms with Crippen LogP contribution in [0.5, 0.6) is 0 Å². The molecule has 0 saturated carbocycles. The second kappa shape index (κ2) is 9.94. The fourth-order valence-electron chi connectivity index (χ4n) is 1.34. The van der Waals surface area contributed by atoms with E-state index in [-0.39, 0.29) is 0 Å². The number of hydrogen-bond donors (Lipinski definition) is 2. The number of allylic oxidation sites excluding steroid dienone is 1. The molecule has 0 bridgehead atoms. The van der Waals surface area contributed by atoms with Crippen molar-refractivity contribution in [1.29, 1.82) is 0 Å². The molecule has 0 fully saturated rings. The first-order valence-corrected chi connectivity index (χ1v) is 5.86. The average Bonchev–Trinajstić information content (AvgIpc) is 2.24. The first kappa shape index (κ1) is 14.4. The lowest BCUT2D eigenvalue weighted by atomic mass is 10.1. The Morgan fingerprint density at radius 1 is 1.07 bits per heavy atom. The summed E-state index contributed by atoms with van der Waals surface area (Å²) in [5.41, 5.74) is 0. The Labute approximate surface area is 93.3 Å². The van der Waals surface area contributed by atoms with Gasteiger partial charge in [-0.25, -0.2) is 0 Å². The molecule has 0 heterocycles. The van der Waals surface area contributed by atoms with Crippen molar-refractivity contribution in [2.75, 3.05) is 0 Å². The highest BCUT2D eigenvalue weighted by Gasteiger charge is 2.01. The van der Waals surface area contributed by atoms with Crippen LogP contribution in [0, 0.1) is 0 Å². The minimum atomic E-state index is -0.455. The molecule has 0 aliphatic rings. The largest absolute Gasteiger partial charge is 0.389 e. The van der Waals surface area contributed by atoms with Crippen LogP contribution in [0.2, 0.25) is 0 Å². The SMILES string of the molecule is C=CCCC(O)C=CC(O)CCCCC. The van der Waals surface area contributed by atoms with Crippen molar-refractivity contribution in [3.63, 3.8) is 0 Å². The molecule has 2 N–H and O–H groups in total. The highest BCUT2D eigenvalue weighted by molar-refractivity contribution is 4.94. The fourth-order valence-corrected chi connectivity index (χ4v) is 1.34. The van der Waals surface area contributed by atoms with Gasteiger partial charge in [-0.05, 0) is 19.3 Å². The second-order valence-electron chi connectivity index (χ2n) is 3.88. The van der Waals surface area contributed by atoms with Crippen molar-refractivity contribution in [2.24, 2.45) is 0 Å². The van der Waals surface area contributed by atoms with Gasteiger partial charge in [-0.2, -0.15) is 0 Å². The van der Waals surface area contributed by atoms with E-state index in [9.17, 15) is 10.2 Å². The Morgan fingerprint density at radius 2 is 1.67 bits per heavy atom. The van der Waals surface area contributed by atoms with Crippen LogP contribution in [-0.2, 0) is 0 Å². The Balaban J connectivity index is 3.58. The Hall–Kier alpha value is -0.600. The molecule has 88 valence electrons. The highest BCUT2D eigenvalue weighted by atomic mass is 16.3. The lowest BCUT2D eigenvalue weighted by molar-refractivity contribution is 0.195. The predicted octanol–water partition coefficient (Wildman–Crippen LogP) is 2.81. The lowest BCUT2D eigenvalue weighted by Crippen LogP contribution is -2.06. The Morgan fingerprint density at radius 3 is 2.20 bits per heavy atom. The minimum absolute atomic E-state index is 0.407. The first-order valence-electron chi connectivity index (χ1n) is 5.86. The zero-order chi connectivity index (χ0) is 11.5. The van der Waals surface area contributed by atoms with Crippen molar-refractivity contribution in [2.45, 2.75) is 57.7 Å². The quantitative estimate of drug-likeness (QED) is 0.456. The fraction of sp³-hybridized carbons (Fsp3) is 0.692. The molecule has 0 amide bonds. The van der Waals surface area contributed by atoms with Crippen LogP contribution >= 0.6 is 0 Å². The van der Waals surface area contributed by atoms with Gasteiger partial charge < -0.3 is 10.2 Å². The van der Waals surface area contributed by atoms with E-state index in [0.29, 0.717) is 6.42 Å². The minimum Gasteiger partial charge on any atom is -0.389 e. The van der Waals surface area contributed by atoms with Gasteiger partial charge in [-0.15, -0.1) is 6.58 Å². The van der Waals surface area contributed by atoms with Gasteiger partial charge in [0.1, 0.15) is 0 Å². The first-order chi connectivity index (χ1) is 7.20. The van der Waals surface area contributed by atoms with Crippen LogP contribution in [0.4, 0.5) is 0 Å². The summed E-state index contributed by atoms with van der Waals surface area (Å²) in [7, 11) is 0. The zero-order valence-corrected chi connectivity index (χ0v) is 9.73. The summed E-state index contributed by atoms with van der Waals surface area (Å²) in [6, 6.07) is 0. The number of hydrogen-bond acceptors (Lipinski definition) is 2. The molecule has 0 spiro atoms. The third-order valence-electron chi connectivity index (χ3n) is 2.33. The van der Waals surface area contributed by atoms with Crippen molar-refractivity contribution in [3.05, 3.63) is 24.8 Å². The van der Waals surface area contributed by atoms with Gasteiger partial charge in [-0.1, -0.05) is 44.4 Å². The van der Waals surface area contributed by atoms with Crippen LogP contribution in [0.15, 0.2) is 24.8 Å². The second-order valence-corrected chi connectivity index (χ2v) is 3.88. The van der Waals surface area contributed by atoms with Crippen molar-refractivity contribution < 1.29 is 10.2 Å². The summed E-state index contributed by atoms with van der Waals surface area (Å²) in [5, 5.41) is 19.0. The van der Waals surface area contributed by atoms with E-state index in [1.54, 1.807) is 18.2 Å². The van der Waals surface area contributed by atoms with Crippen molar-refractivity contribution in [1.82, 2.24) is 0 Å². The topological polar surface area (TPSA) is 40.5 Å². The highest BCUT2D eigenvalue weighted by Crippen LogP contribution is 2.06. The molecule has 0 aromatic carbocycles. The van der Waals surface area contributed by atoms with Crippen molar-refractivity contribution in [3.8, 4) is 0 Å². The maximum absolute atomic E-state index is 9.53. The molecule has 15 heavy (non-hydrogen) atoms. The number of unbranched alkanes of at least 4 members (excludes halogenated alkanes) is 2. The third kappa shape index (κ3) is 9.70. The van der Waals surface area contributed by atoms with E-state index in [1.807, 2.05) is 0 Å². The standard InChI is InChI=1S/C13H24O2/c1-3-5-7-9-13(15)11-10-12(14)8-6-4-2/h4,10-15H,2-3,5-9H2,1H3. The summed E-state index contributed by atoms with van der Waals surface area (Å²) < 4.78 is 0. The molecule has 2 atom stereocenters. The molecule has 0 aromatic heterocycles. The smallest absolute Gasteiger partial charge is 0.0724 e. The Kier molecular flexibility index (Phi) is 9.54. The number of aliphatic hydroxyl groups is 2. The van der Waals surface area contributed by atoms with E-state index in [2.05, 4.69) is 13.5 Å². The van der Waals surface area contributed by atoms with E-state index in [0.717, 1.165) is 25.7 Å². The van der Waals surface area contributed by atoms with Gasteiger partial charge in [0, 0.05) is 0 Å². The van der Waals surface area contributed by atoms with Crippen molar-refractivity contribution >= 4 is 0 Å². The van der Waals surface area contributed by atoms with Crippen LogP contribution in [0.25, 0.3) is 0 Å². The monoisotopic (exact) mass is 212 g/mol. The molecular weight excluding hydrogens is 188 g/mol. The van der Waals surface area contributed by atoms with Crippen LogP contribution < -0.4 is 0 Å². The zero-order valence-electron chi connectivity index (χ0n) is 9.73. The van der Waals surface area contributed by atoms with E-state index in [4.69, 9.17) is 0 Å². The normalized spacial score (nSPS) is 15.4. The summed E-state index contributed by atoms with van der Waals surface area (Å²) in [4.78, 5) is 0. The summed E-state index contributed by atoms with van der Waals surface area (Å²) >= 11 is 0. The van der Waals surface area contributed by atoms with E-state index in [1.165, 1.54) is 6.42 Å². The molecule has 2 heteroatoms. The molecular formula is C13H24O2. The van der Waals surface area contributed by atoms with Gasteiger partial charge in [-0.3, -0.25) is 0 Å². The van der Waals surface area contributed by atoms with E-state index < -0.39 is 12.2 Å². The molecule has 0 aliphatic carbocycles. The summed E-state index contributed by atoms with van der Waals surface area (Å²) in [6.45, 7) is 5.73. The molecule has 0 rings (SSSR count).